The summed E-state index contributed by atoms with van der Waals surface area (Å²) in [5, 5.41) is 4.04. The van der Waals surface area contributed by atoms with Gasteiger partial charge in [-0.1, -0.05) is 59.0 Å². The molecule has 1 amide bonds. The van der Waals surface area contributed by atoms with E-state index in [-0.39, 0.29) is 10.3 Å². The fraction of sp³-hybridized carbons (Fsp3) is 0.214. The second-order valence-corrected chi connectivity index (χ2v) is 6.70. The zero-order valence-electron chi connectivity index (χ0n) is 11.7. The van der Waals surface area contributed by atoms with Gasteiger partial charge in [0.1, 0.15) is 6.17 Å². The average Bonchev–Trinajstić information content (AvgIpc) is 2.46. The van der Waals surface area contributed by atoms with Gasteiger partial charge in [0.2, 0.25) is 5.91 Å². The van der Waals surface area contributed by atoms with Crippen LogP contribution in [-0.2, 0) is 15.1 Å². The maximum Gasteiger partial charge on any atom is 0.361 e. The standard InChI is InChI=1S/C14H15IN2O4S/c1-10(16-14(18)9-15)17(22(19,20)21)13-8-4-6-11-5-2-3-7-12(11)13/h2-8,10H,9H2,1H3,(H,16,18)(H,19,20,21). The topological polar surface area (TPSA) is 86.7 Å². The molecule has 8 heteroatoms. The molecule has 0 heterocycles. The monoisotopic (exact) mass is 434 g/mol. The van der Waals surface area contributed by atoms with Crippen LogP contribution in [0.25, 0.3) is 10.8 Å². The zero-order valence-corrected chi connectivity index (χ0v) is 14.7. The number of hydrogen-bond acceptors (Lipinski definition) is 3. The van der Waals surface area contributed by atoms with Gasteiger partial charge < -0.3 is 5.32 Å². The molecule has 0 saturated heterocycles. The number of carbonyl (C=O) groups is 1. The van der Waals surface area contributed by atoms with Gasteiger partial charge in [0.15, 0.2) is 0 Å². The first-order valence-corrected chi connectivity index (χ1v) is 9.37. The molecule has 0 spiro atoms. The fourth-order valence-electron chi connectivity index (χ4n) is 2.26. The number of carbonyl (C=O) groups excluding carboxylic acids is 1. The lowest BCUT2D eigenvalue weighted by Crippen LogP contribution is -2.49. The Morgan fingerprint density at radius 2 is 1.91 bits per heavy atom. The molecule has 6 nitrogen and oxygen atoms in total. The predicted octanol–water partition coefficient (Wildman–Crippen LogP) is 2.35. The minimum absolute atomic E-state index is 0.191. The lowest BCUT2D eigenvalue weighted by Gasteiger charge is -2.29. The third-order valence-corrected chi connectivity index (χ3v) is 4.80. The van der Waals surface area contributed by atoms with E-state index < -0.39 is 16.5 Å². The number of amides is 1. The van der Waals surface area contributed by atoms with Crippen LogP contribution in [0.5, 0.6) is 0 Å². The van der Waals surface area contributed by atoms with Gasteiger partial charge in [-0.25, -0.2) is 4.31 Å². The largest absolute Gasteiger partial charge is 0.361 e. The van der Waals surface area contributed by atoms with Gasteiger partial charge >= 0.3 is 10.3 Å². The number of nitrogens with zero attached hydrogens (tertiary/aromatic N) is 1. The molecule has 0 saturated carbocycles. The third kappa shape index (κ3) is 3.68. The highest BCUT2D eigenvalue weighted by Crippen LogP contribution is 2.29. The smallest absolute Gasteiger partial charge is 0.334 e. The van der Waals surface area contributed by atoms with Gasteiger partial charge in [0, 0.05) is 5.39 Å². The molecule has 0 aliphatic carbocycles. The zero-order chi connectivity index (χ0) is 16.3. The molecule has 2 aromatic rings. The molecule has 2 rings (SSSR count). The summed E-state index contributed by atoms with van der Waals surface area (Å²) in [6, 6.07) is 12.3. The van der Waals surface area contributed by atoms with Crippen molar-refractivity contribution in [2.45, 2.75) is 13.1 Å². The van der Waals surface area contributed by atoms with E-state index in [1.807, 2.05) is 40.8 Å². The average molecular weight is 434 g/mol. The second-order valence-electron chi connectivity index (χ2n) is 4.65. The van der Waals surface area contributed by atoms with Crippen molar-refractivity contribution >= 4 is 55.3 Å². The van der Waals surface area contributed by atoms with E-state index >= 15 is 0 Å². The van der Waals surface area contributed by atoms with Crippen LogP contribution in [0.3, 0.4) is 0 Å². The van der Waals surface area contributed by atoms with Crippen LogP contribution >= 0.6 is 22.6 Å². The highest BCUT2D eigenvalue weighted by atomic mass is 127. The molecular formula is C14H15IN2O4S. The minimum Gasteiger partial charge on any atom is -0.334 e. The Hall–Kier alpha value is -1.39. The lowest BCUT2D eigenvalue weighted by molar-refractivity contribution is -0.118. The number of nitrogens with one attached hydrogen (secondary N) is 1. The van der Waals surface area contributed by atoms with Crippen molar-refractivity contribution in [3.05, 3.63) is 42.5 Å². The number of hydrogen-bond donors (Lipinski definition) is 2. The van der Waals surface area contributed by atoms with Crippen molar-refractivity contribution in [2.75, 3.05) is 8.73 Å². The Kier molecular flexibility index (Phi) is 5.24. The summed E-state index contributed by atoms with van der Waals surface area (Å²) in [6.07, 6.45) is -0.914. The van der Waals surface area contributed by atoms with E-state index in [0.29, 0.717) is 11.1 Å². The first-order chi connectivity index (χ1) is 10.3. The van der Waals surface area contributed by atoms with Crippen LogP contribution in [0.2, 0.25) is 0 Å². The summed E-state index contributed by atoms with van der Waals surface area (Å²) in [5.41, 5.74) is 0.307. The quantitative estimate of drug-likeness (QED) is 0.328. The summed E-state index contributed by atoms with van der Waals surface area (Å²) in [5.74, 6) is -0.318. The molecule has 0 fully saturated rings. The van der Waals surface area contributed by atoms with Gasteiger partial charge in [-0.3, -0.25) is 9.35 Å². The van der Waals surface area contributed by atoms with Gasteiger partial charge in [0.05, 0.1) is 10.1 Å². The van der Waals surface area contributed by atoms with Crippen LogP contribution in [-0.4, -0.2) is 29.5 Å². The maximum absolute atomic E-state index is 11.8. The van der Waals surface area contributed by atoms with Crippen molar-refractivity contribution in [3.63, 3.8) is 0 Å². The molecule has 0 bridgehead atoms. The highest BCUT2D eigenvalue weighted by Gasteiger charge is 2.28. The summed E-state index contributed by atoms with van der Waals surface area (Å²) in [7, 11) is -4.55. The van der Waals surface area contributed by atoms with Gasteiger partial charge in [-0.15, -0.1) is 0 Å². The summed E-state index contributed by atoms with van der Waals surface area (Å²) < 4.78 is 34.2. The number of halogens is 1. The Morgan fingerprint density at radius 3 is 2.55 bits per heavy atom. The fourth-order valence-corrected chi connectivity index (χ4v) is 3.34. The Morgan fingerprint density at radius 1 is 1.27 bits per heavy atom. The molecule has 0 radical (unpaired) electrons. The number of fused-ring (bicyclic) bond motifs is 1. The van der Waals surface area contributed by atoms with Crippen LogP contribution in [0.15, 0.2) is 42.5 Å². The Balaban J connectivity index is 2.56. The third-order valence-electron chi connectivity index (χ3n) is 3.10. The van der Waals surface area contributed by atoms with Gasteiger partial charge in [-0.2, -0.15) is 8.42 Å². The first-order valence-electron chi connectivity index (χ1n) is 6.44. The van der Waals surface area contributed by atoms with Crippen molar-refractivity contribution in [3.8, 4) is 0 Å². The molecule has 22 heavy (non-hydrogen) atoms. The SMILES string of the molecule is CC(NC(=O)CI)N(c1cccc2ccccc12)S(=O)(=O)O. The van der Waals surface area contributed by atoms with Crippen molar-refractivity contribution < 1.29 is 17.8 Å². The van der Waals surface area contributed by atoms with E-state index in [2.05, 4.69) is 5.32 Å². The minimum atomic E-state index is -4.55. The Bertz CT molecular complexity index is 789. The predicted molar refractivity (Wildman–Crippen MR) is 94.5 cm³/mol. The van der Waals surface area contributed by atoms with Crippen molar-refractivity contribution in [2.24, 2.45) is 0 Å². The van der Waals surface area contributed by atoms with E-state index in [0.717, 1.165) is 9.69 Å². The summed E-state index contributed by atoms with van der Waals surface area (Å²) in [6.45, 7) is 1.50. The normalized spacial score (nSPS) is 12.9. The molecule has 118 valence electrons. The van der Waals surface area contributed by atoms with Crippen LogP contribution in [0.1, 0.15) is 6.92 Å². The molecule has 0 aromatic heterocycles. The molecule has 2 N–H and O–H groups in total. The number of benzene rings is 2. The number of anilines is 1. The molecule has 1 atom stereocenters. The molecule has 0 aliphatic heterocycles. The van der Waals surface area contributed by atoms with Gasteiger partial charge in [-0.05, 0) is 18.4 Å². The highest BCUT2D eigenvalue weighted by molar-refractivity contribution is 14.1. The van der Waals surface area contributed by atoms with Crippen LogP contribution < -0.4 is 9.62 Å². The van der Waals surface area contributed by atoms with Gasteiger partial charge in [0.25, 0.3) is 0 Å². The molecule has 1 unspecified atom stereocenters. The number of rotatable bonds is 5. The molecular weight excluding hydrogens is 419 g/mol. The lowest BCUT2D eigenvalue weighted by atomic mass is 10.1. The van der Waals surface area contributed by atoms with Crippen LogP contribution in [0, 0.1) is 0 Å². The maximum atomic E-state index is 11.8. The first kappa shape index (κ1) is 17.0. The number of alkyl halides is 1. The van der Waals surface area contributed by atoms with E-state index in [1.165, 1.54) is 6.92 Å². The van der Waals surface area contributed by atoms with E-state index in [1.54, 1.807) is 24.3 Å². The molecule has 0 aliphatic rings. The second kappa shape index (κ2) is 6.80. The summed E-state index contributed by atoms with van der Waals surface area (Å²) >= 11 is 1.88. The molecule has 2 aromatic carbocycles. The van der Waals surface area contributed by atoms with Crippen molar-refractivity contribution in [1.82, 2.24) is 5.32 Å². The van der Waals surface area contributed by atoms with E-state index in [9.17, 15) is 17.8 Å². The summed E-state index contributed by atoms with van der Waals surface area (Å²) in [4.78, 5) is 11.5. The van der Waals surface area contributed by atoms with Crippen molar-refractivity contribution in [1.29, 1.82) is 0 Å². The van der Waals surface area contributed by atoms with E-state index in [4.69, 9.17) is 0 Å². The van der Waals surface area contributed by atoms with Crippen LogP contribution in [0.4, 0.5) is 5.69 Å². The Labute approximate surface area is 142 Å².